The monoisotopic (exact) mass is 623 g/mol. The zero-order valence-electron chi connectivity index (χ0n) is 25.3. The fourth-order valence-electron chi connectivity index (χ4n) is 4.91. The van der Waals surface area contributed by atoms with Crippen molar-refractivity contribution in [2.75, 3.05) is 12.9 Å². The fourth-order valence-corrected chi connectivity index (χ4v) is 5.85. The van der Waals surface area contributed by atoms with Gasteiger partial charge in [-0.3, -0.25) is 19.7 Å². The largest absolute Gasteiger partial charge is 0.465 e. The number of carbonyl (C=O) groups is 4. The first-order valence-electron chi connectivity index (χ1n) is 14.6. The van der Waals surface area contributed by atoms with Gasteiger partial charge in [0.05, 0.1) is 24.6 Å². The summed E-state index contributed by atoms with van der Waals surface area (Å²) in [6, 6.07) is 31.4. The molecule has 9 heteroatoms. The number of esters is 1. The number of nitrogens with one attached hydrogen (secondary N) is 2. The Kier molecular flexibility index (Phi) is 12.1. The first kappa shape index (κ1) is 33.2. The summed E-state index contributed by atoms with van der Waals surface area (Å²) < 4.78 is 4.77. The number of rotatable bonds is 13. The molecule has 0 unspecified atom stereocenters. The zero-order chi connectivity index (χ0) is 32.2. The Labute approximate surface area is 267 Å². The van der Waals surface area contributed by atoms with Crippen LogP contribution in [0.2, 0.25) is 0 Å². The molecule has 0 bridgehead atoms. The van der Waals surface area contributed by atoms with Crippen molar-refractivity contribution in [1.82, 2.24) is 10.6 Å². The summed E-state index contributed by atoms with van der Waals surface area (Å²) in [5, 5.41) is 5.35. The average Bonchev–Trinajstić information content (AvgIpc) is 3.05. The zero-order valence-corrected chi connectivity index (χ0v) is 26.1. The molecule has 4 rings (SSSR count). The van der Waals surface area contributed by atoms with Gasteiger partial charge in [-0.25, -0.2) is 4.79 Å². The molecule has 8 nitrogen and oxygen atoms in total. The van der Waals surface area contributed by atoms with Crippen molar-refractivity contribution < 1.29 is 23.9 Å². The molecule has 0 saturated heterocycles. The third-order valence-electron chi connectivity index (χ3n) is 7.18. The van der Waals surface area contributed by atoms with E-state index < -0.39 is 35.8 Å². The lowest BCUT2D eigenvalue weighted by molar-refractivity contribution is -0.134. The van der Waals surface area contributed by atoms with Gasteiger partial charge in [-0.2, -0.15) is 11.8 Å². The van der Waals surface area contributed by atoms with Crippen LogP contribution in [0.15, 0.2) is 109 Å². The molecule has 4 aromatic carbocycles. The maximum Gasteiger partial charge on any atom is 0.337 e. The van der Waals surface area contributed by atoms with E-state index in [1.54, 1.807) is 18.2 Å². The van der Waals surface area contributed by atoms with Crippen molar-refractivity contribution in [1.29, 1.82) is 0 Å². The minimum absolute atomic E-state index is 0.184. The summed E-state index contributed by atoms with van der Waals surface area (Å²) in [4.78, 5) is 52.2. The summed E-state index contributed by atoms with van der Waals surface area (Å²) >= 11 is 1.40. The minimum Gasteiger partial charge on any atom is -0.465 e. The predicted molar refractivity (Wildman–Crippen MR) is 177 cm³/mol. The van der Waals surface area contributed by atoms with Gasteiger partial charge in [0.1, 0.15) is 6.04 Å². The van der Waals surface area contributed by atoms with E-state index in [-0.39, 0.29) is 18.1 Å². The molecule has 4 N–H and O–H groups in total. The Morgan fingerprint density at radius 3 is 2.00 bits per heavy atom. The number of nitrogens with two attached hydrogens (primary N) is 1. The topological polar surface area (TPSA) is 128 Å². The van der Waals surface area contributed by atoms with Crippen LogP contribution < -0.4 is 16.4 Å². The SMILES string of the molecule is COC(=O)c1cccc(CSC[C@H](N)C(=O)NC(=O)[C@H](Cc2cccc(C)c2)NC(=O)C(c2ccccc2)c2ccccc2)c1. The molecule has 0 aliphatic carbocycles. The van der Waals surface area contributed by atoms with Crippen LogP contribution in [-0.4, -0.2) is 48.6 Å². The molecule has 3 amide bonds. The van der Waals surface area contributed by atoms with Gasteiger partial charge in [0.2, 0.25) is 17.7 Å². The molecule has 0 aliphatic heterocycles. The molecule has 0 aliphatic rings. The highest BCUT2D eigenvalue weighted by Crippen LogP contribution is 2.25. The standard InChI is InChI=1S/C36H37N3O5S/c1-24-11-9-12-25(19-24)21-31(38-35(42)32(27-14-5-3-6-15-27)28-16-7-4-8-17-28)34(41)39-33(40)30(37)23-45-22-26-13-10-18-29(20-26)36(43)44-2/h3-20,30-32H,21-23,37H2,1-2H3,(H,38,42)(H,39,40,41)/t30-,31-/m0/s1. The quantitative estimate of drug-likeness (QED) is 0.187. The summed E-state index contributed by atoms with van der Waals surface area (Å²) in [7, 11) is 1.32. The summed E-state index contributed by atoms with van der Waals surface area (Å²) in [5.41, 5.74) is 10.9. The van der Waals surface area contributed by atoms with Gasteiger partial charge in [0.15, 0.2) is 0 Å². The number of ether oxygens (including phenoxy) is 1. The number of amides is 3. The van der Waals surface area contributed by atoms with Crippen LogP contribution in [0.4, 0.5) is 0 Å². The lowest BCUT2D eigenvalue weighted by Gasteiger charge is -2.23. The molecular weight excluding hydrogens is 586 g/mol. The summed E-state index contributed by atoms with van der Waals surface area (Å²) in [5.74, 6) is -1.98. The Morgan fingerprint density at radius 1 is 0.756 bits per heavy atom. The number of hydrogen-bond acceptors (Lipinski definition) is 7. The molecular formula is C36H37N3O5S. The van der Waals surface area contributed by atoms with E-state index in [0.29, 0.717) is 11.3 Å². The molecule has 2 atom stereocenters. The maximum absolute atomic E-state index is 13.9. The summed E-state index contributed by atoms with van der Waals surface area (Å²) in [6.07, 6.45) is 0.184. The second kappa shape index (κ2) is 16.4. The van der Waals surface area contributed by atoms with E-state index in [2.05, 4.69) is 10.6 Å². The first-order valence-corrected chi connectivity index (χ1v) is 15.7. The molecule has 0 radical (unpaired) electrons. The fraction of sp³-hybridized carbons (Fsp3) is 0.222. The molecule has 232 valence electrons. The first-order chi connectivity index (χ1) is 21.7. The van der Waals surface area contributed by atoms with Crippen LogP contribution in [0.25, 0.3) is 0 Å². The number of imide groups is 1. The van der Waals surface area contributed by atoms with Gasteiger partial charge in [-0.1, -0.05) is 103 Å². The lowest BCUT2D eigenvalue weighted by atomic mass is 9.90. The Morgan fingerprint density at radius 2 is 1.38 bits per heavy atom. The van der Waals surface area contributed by atoms with Gasteiger partial charge < -0.3 is 15.8 Å². The van der Waals surface area contributed by atoms with E-state index in [1.807, 2.05) is 97.9 Å². The van der Waals surface area contributed by atoms with Crippen molar-refractivity contribution in [2.24, 2.45) is 5.73 Å². The van der Waals surface area contributed by atoms with Crippen LogP contribution in [0.5, 0.6) is 0 Å². The molecule has 0 heterocycles. The molecule has 0 spiro atoms. The van der Waals surface area contributed by atoms with E-state index in [1.165, 1.54) is 18.9 Å². The molecule has 0 aromatic heterocycles. The van der Waals surface area contributed by atoms with E-state index >= 15 is 0 Å². The van der Waals surface area contributed by atoms with Crippen LogP contribution in [-0.2, 0) is 31.3 Å². The number of aryl methyl sites for hydroxylation is 1. The van der Waals surface area contributed by atoms with Crippen LogP contribution in [0.1, 0.15) is 44.1 Å². The van der Waals surface area contributed by atoms with E-state index in [0.717, 1.165) is 27.8 Å². The molecule has 45 heavy (non-hydrogen) atoms. The van der Waals surface area contributed by atoms with E-state index in [9.17, 15) is 19.2 Å². The van der Waals surface area contributed by atoms with Crippen molar-refractivity contribution >= 4 is 35.5 Å². The molecule has 0 saturated carbocycles. The van der Waals surface area contributed by atoms with Gasteiger partial charge in [0.25, 0.3) is 0 Å². The van der Waals surface area contributed by atoms with Crippen LogP contribution >= 0.6 is 11.8 Å². The summed E-state index contributed by atoms with van der Waals surface area (Å²) in [6.45, 7) is 1.95. The smallest absolute Gasteiger partial charge is 0.337 e. The van der Waals surface area contributed by atoms with Gasteiger partial charge >= 0.3 is 5.97 Å². The third kappa shape index (κ3) is 9.63. The number of thioether (sulfide) groups is 1. The lowest BCUT2D eigenvalue weighted by Crippen LogP contribution is -2.54. The number of carbonyl (C=O) groups excluding carboxylic acids is 4. The second-order valence-electron chi connectivity index (χ2n) is 10.7. The Bertz CT molecular complexity index is 1570. The van der Waals surface area contributed by atoms with Crippen molar-refractivity contribution in [3.63, 3.8) is 0 Å². The predicted octanol–water partition coefficient (Wildman–Crippen LogP) is 4.54. The highest BCUT2D eigenvalue weighted by atomic mass is 32.2. The van der Waals surface area contributed by atoms with Crippen molar-refractivity contribution in [2.45, 2.75) is 37.1 Å². The maximum atomic E-state index is 13.9. The van der Waals surface area contributed by atoms with Gasteiger partial charge in [0, 0.05) is 17.9 Å². The Hall–Kier alpha value is -4.73. The molecule has 4 aromatic rings. The van der Waals surface area contributed by atoms with Crippen molar-refractivity contribution in [3.8, 4) is 0 Å². The van der Waals surface area contributed by atoms with Crippen LogP contribution in [0, 0.1) is 6.92 Å². The minimum atomic E-state index is -1.03. The van der Waals surface area contributed by atoms with Crippen molar-refractivity contribution in [3.05, 3.63) is 143 Å². The number of methoxy groups -OCH3 is 1. The normalized spacial score (nSPS) is 12.2. The molecule has 0 fully saturated rings. The highest BCUT2D eigenvalue weighted by Gasteiger charge is 2.30. The second-order valence-corrected chi connectivity index (χ2v) is 11.7. The average molecular weight is 624 g/mol. The van der Waals surface area contributed by atoms with Gasteiger partial charge in [-0.15, -0.1) is 0 Å². The highest BCUT2D eigenvalue weighted by molar-refractivity contribution is 7.98. The number of benzene rings is 4. The van der Waals surface area contributed by atoms with Gasteiger partial charge in [-0.05, 0) is 41.3 Å². The third-order valence-corrected chi connectivity index (χ3v) is 8.31. The van der Waals surface area contributed by atoms with Crippen LogP contribution in [0.3, 0.4) is 0 Å². The number of hydrogen-bond donors (Lipinski definition) is 3. The van der Waals surface area contributed by atoms with E-state index in [4.69, 9.17) is 10.5 Å². The Balaban J connectivity index is 1.45.